The second-order valence-electron chi connectivity index (χ2n) is 6.09. The van der Waals surface area contributed by atoms with Crippen LogP contribution in [0.4, 0.5) is 0 Å². The average molecular weight is 304 g/mol. The monoisotopic (exact) mass is 304 g/mol. The van der Waals surface area contributed by atoms with Gasteiger partial charge < -0.3 is 10.0 Å². The standard InChI is InChI=1S/C13H24N2O4S/c1-10(16)11-3-5-15(7-11)8-13(17)14(2)12-4-6-20(18,19)9-12/h10-12,16H,3-9H2,1-2H3. The molecule has 0 spiro atoms. The molecule has 0 aromatic carbocycles. The van der Waals surface area contributed by atoms with E-state index in [1.54, 1.807) is 18.9 Å². The third-order valence-electron chi connectivity index (χ3n) is 4.50. The number of carbonyl (C=O) groups is 1. The van der Waals surface area contributed by atoms with Gasteiger partial charge in [-0.15, -0.1) is 0 Å². The summed E-state index contributed by atoms with van der Waals surface area (Å²) in [4.78, 5) is 15.8. The van der Waals surface area contributed by atoms with Gasteiger partial charge in [-0.25, -0.2) is 8.42 Å². The van der Waals surface area contributed by atoms with Crippen molar-refractivity contribution in [3.05, 3.63) is 0 Å². The van der Waals surface area contributed by atoms with E-state index in [0.29, 0.717) is 13.0 Å². The Morgan fingerprint density at radius 1 is 1.45 bits per heavy atom. The molecule has 1 amide bonds. The highest BCUT2D eigenvalue weighted by atomic mass is 32.2. The van der Waals surface area contributed by atoms with Gasteiger partial charge in [-0.2, -0.15) is 0 Å². The van der Waals surface area contributed by atoms with Crippen LogP contribution < -0.4 is 0 Å². The van der Waals surface area contributed by atoms with E-state index in [2.05, 4.69) is 0 Å². The van der Waals surface area contributed by atoms with E-state index >= 15 is 0 Å². The van der Waals surface area contributed by atoms with E-state index in [0.717, 1.165) is 19.5 Å². The van der Waals surface area contributed by atoms with Gasteiger partial charge in [0.15, 0.2) is 9.84 Å². The summed E-state index contributed by atoms with van der Waals surface area (Å²) in [5.41, 5.74) is 0. The Labute approximate surface area is 120 Å². The number of hydrogen-bond donors (Lipinski definition) is 1. The number of rotatable bonds is 4. The minimum Gasteiger partial charge on any atom is -0.393 e. The molecule has 0 radical (unpaired) electrons. The molecule has 2 heterocycles. The lowest BCUT2D eigenvalue weighted by molar-refractivity contribution is -0.132. The van der Waals surface area contributed by atoms with Crippen LogP contribution in [0, 0.1) is 5.92 Å². The number of nitrogens with zero attached hydrogens (tertiary/aromatic N) is 2. The maximum atomic E-state index is 12.2. The van der Waals surface area contributed by atoms with Crippen molar-refractivity contribution in [1.82, 2.24) is 9.80 Å². The predicted octanol–water partition coefficient (Wildman–Crippen LogP) is -0.665. The van der Waals surface area contributed by atoms with Crippen molar-refractivity contribution in [3.63, 3.8) is 0 Å². The molecule has 0 saturated carbocycles. The van der Waals surface area contributed by atoms with Crippen LogP contribution in [0.5, 0.6) is 0 Å². The lowest BCUT2D eigenvalue weighted by Crippen LogP contribution is -2.43. The molecule has 0 aromatic rings. The quantitative estimate of drug-likeness (QED) is 0.746. The Bertz CT molecular complexity index is 463. The number of carbonyl (C=O) groups excluding carboxylic acids is 1. The van der Waals surface area contributed by atoms with E-state index in [9.17, 15) is 18.3 Å². The molecule has 2 rings (SSSR count). The summed E-state index contributed by atoms with van der Waals surface area (Å²) in [5, 5.41) is 9.55. The molecule has 0 bridgehead atoms. The van der Waals surface area contributed by atoms with Crippen molar-refractivity contribution >= 4 is 15.7 Å². The summed E-state index contributed by atoms with van der Waals surface area (Å²) in [6.07, 6.45) is 1.11. The number of aliphatic hydroxyl groups excluding tert-OH is 1. The van der Waals surface area contributed by atoms with Crippen LogP contribution in [0.15, 0.2) is 0 Å². The van der Waals surface area contributed by atoms with E-state index in [1.165, 1.54) is 0 Å². The molecule has 0 aromatic heterocycles. The largest absolute Gasteiger partial charge is 0.393 e. The van der Waals surface area contributed by atoms with Crippen molar-refractivity contribution in [2.24, 2.45) is 5.92 Å². The Kier molecular flexibility index (Phi) is 4.71. The second kappa shape index (κ2) is 5.99. The van der Waals surface area contributed by atoms with Gasteiger partial charge in [-0.1, -0.05) is 0 Å². The molecule has 7 heteroatoms. The fourth-order valence-corrected chi connectivity index (χ4v) is 4.76. The highest BCUT2D eigenvalue weighted by molar-refractivity contribution is 7.91. The number of amides is 1. The van der Waals surface area contributed by atoms with Gasteiger partial charge in [-0.05, 0) is 32.2 Å². The third-order valence-corrected chi connectivity index (χ3v) is 6.25. The van der Waals surface area contributed by atoms with Gasteiger partial charge in [0.2, 0.25) is 5.91 Å². The third kappa shape index (κ3) is 3.71. The zero-order valence-corrected chi connectivity index (χ0v) is 13.0. The van der Waals surface area contributed by atoms with Crippen LogP contribution in [-0.2, 0) is 14.6 Å². The second-order valence-corrected chi connectivity index (χ2v) is 8.31. The normalized spacial score (nSPS) is 31.4. The van der Waals surface area contributed by atoms with E-state index in [4.69, 9.17) is 0 Å². The van der Waals surface area contributed by atoms with Gasteiger partial charge in [0.05, 0.1) is 24.2 Å². The number of aliphatic hydroxyl groups is 1. The van der Waals surface area contributed by atoms with Gasteiger partial charge in [0, 0.05) is 19.6 Å². The molecule has 0 aliphatic carbocycles. The molecule has 1 N–H and O–H groups in total. The summed E-state index contributed by atoms with van der Waals surface area (Å²) >= 11 is 0. The lowest BCUT2D eigenvalue weighted by Gasteiger charge is -2.26. The number of hydrogen-bond acceptors (Lipinski definition) is 5. The van der Waals surface area contributed by atoms with Crippen molar-refractivity contribution in [2.45, 2.75) is 31.9 Å². The summed E-state index contributed by atoms with van der Waals surface area (Å²) in [7, 11) is -1.27. The lowest BCUT2D eigenvalue weighted by atomic mass is 10.0. The minimum absolute atomic E-state index is 0.0293. The summed E-state index contributed by atoms with van der Waals surface area (Å²) in [6, 6.07) is -0.178. The molecular formula is C13H24N2O4S. The molecular weight excluding hydrogens is 280 g/mol. The maximum absolute atomic E-state index is 12.2. The molecule has 20 heavy (non-hydrogen) atoms. The predicted molar refractivity (Wildman–Crippen MR) is 76.1 cm³/mol. The first kappa shape index (κ1) is 15.7. The highest BCUT2D eigenvalue weighted by Gasteiger charge is 2.34. The maximum Gasteiger partial charge on any atom is 0.236 e. The number of likely N-dealkylation sites (tertiary alicyclic amines) is 1. The van der Waals surface area contributed by atoms with Gasteiger partial charge in [0.25, 0.3) is 0 Å². The van der Waals surface area contributed by atoms with Crippen molar-refractivity contribution in [3.8, 4) is 0 Å². The van der Waals surface area contributed by atoms with Crippen LogP contribution >= 0.6 is 0 Å². The van der Waals surface area contributed by atoms with Crippen LogP contribution in [0.1, 0.15) is 19.8 Å². The summed E-state index contributed by atoms with van der Waals surface area (Å²) < 4.78 is 22.9. The summed E-state index contributed by atoms with van der Waals surface area (Å²) in [5.74, 6) is 0.479. The van der Waals surface area contributed by atoms with Crippen LogP contribution in [0.3, 0.4) is 0 Å². The van der Waals surface area contributed by atoms with Gasteiger partial charge >= 0.3 is 0 Å². The highest BCUT2D eigenvalue weighted by Crippen LogP contribution is 2.20. The van der Waals surface area contributed by atoms with Crippen molar-refractivity contribution in [1.29, 1.82) is 0 Å². The van der Waals surface area contributed by atoms with Gasteiger partial charge in [0.1, 0.15) is 0 Å². The number of sulfone groups is 1. The van der Waals surface area contributed by atoms with E-state index < -0.39 is 9.84 Å². The zero-order chi connectivity index (χ0) is 14.9. The Morgan fingerprint density at radius 2 is 2.15 bits per heavy atom. The topological polar surface area (TPSA) is 77.9 Å². The molecule has 2 aliphatic heterocycles. The molecule has 3 unspecified atom stereocenters. The molecule has 116 valence electrons. The fourth-order valence-electron chi connectivity index (χ4n) is 2.99. The minimum atomic E-state index is -2.96. The molecule has 2 aliphatic rings. The molecule has 3 atom stereocenters. The van der Waals surface area contributed by atoms with Crippen LogP contribution in [-0.4, -0.2) is 79.6 Å². The Morgan fingerprint density at radius 3 is 2.65 bits per heavy atom. The summed E-state index contributed by atoms with van der Waals surface area (Å²) in [6.45, 7) is 3.65. The molecule has 6 nitrogen and oxygen atoms in total. The first-order chi connectivity index (χ1) is 9.28. The first-order valence-electron chi connectivity index (χ1n) is 7.15. The fraction of sp³-hybridized carbons (Fsp3) is 0.923. The van der Waals surface area contributed by atoms with Crippen molar-refractivity contribution in [2.75, 3.05) is 38.2 Å². The Hall–Kier alpha value is -0.660. The van der Waals surface area contributed by atoms with Gasteiger partial charge in [-0.3, -0.25) is 9.69 Å². The van der Waals surface area contributed by atoms with E-state index in [-0.39, 0.29) is 35.5 Å². The SMILES string of the molecule is CC(O)C1CCN(CC(=O)N(C)C2CCS(=O)(=O)C2)C1. The van der Waals surface area contributed by atoms with E-state index in [1.807, 2.05) is 4.90 Å². The van der Waals surface area contributed by atoms with Crippen molar-refractivity contribution < 1.29 is 18.3 Å². The smallest absolute Gasteiger partial charge is 0.236 e. The molecule has 2 fully saturated rings. The number of likely N-dealkylation sites (N-methyl/N-ethyl adjacent to an activating group) is 1. The average Bonchev–Trinajstić information content (AvgIpc) is 2.94. The first-order valence-corrected chi connectivity index (χ1v) is 8.97. The Balaban J connectivity index is 1.83. The molecule has 2 saturated heterocycles. The zero-order valence-electron chi connectivity index (χ0n) is 12.2. The van der Waals surface area contributed by atoms with Crippen LogP contribution in [0.2, 0.25) is 0 Å². The van der Waals surface area contributed by atoms with Crippen LogP contribution in [0.25, 0.3) is 0 Å².